The minimum atomic E-state index is -0.334. The average Bonchev–Trinajstić information content (AvgIpc) is 3.22. The molecule has 0 bridgehead atoms. The number of carbonyl (C=O) groups excluding carboxylic acids is 2. The van der Waals surface area contributed by atoms with Gasteiger partial charge in [0, 0.05) is 32.7 Å². The SMILES string of the molecule is COCCNC(=O)C1CCN(C(=O)c2ccc(COc3ccc(F)cc3)o2)CC1. The first kappa shape index (κ1) is 20.9. The molecular weight excluding hydrogens is 379 g/mol. The van der Waals surface area contributed by atoms with Crippen molar-refractivity contribution in [3.05, 3.63) is 53.7 Å². The van der Waals surface area contributed by atoms with Gasteiger partial charge in [-0.05, 0) is 49.2 Å². The van der Waals surface area contributed by atoms with Crippen molar-refractivity contribution in [3.63, 3.8) is 0 Å². The number of halogens is 1. The maximum absolute atomic E-state index is 12.9. The molecule has 1 aliphatic rings. The van der Waals surface area contributed by atoms with Crippen LogP contribution in [0.25, 0.3) is 0 Å². The van der Waals surface area contributed by atoms with Crippen molar-refractivity contribution in [2.24, 2.45) is 5.92 Å². The molecule has 0 saturated carbocycles. The van der Waals surface area contributed by atoms with E-state index in [0.717, 1.165) is 0 Å². The first-order valence-electron chi connectivity index (χ1n) is 9.60. The number of nitrogens with zero attached hydrogens (tertiary/aromatic N) is 1. The highest BCUT2D eigenvalue weighted by molar-refractivity contribution is 5.91. The Hall–Kier alpha value is -2.87. The molecule has 1 saturated heterocycles. The zero-order valence-corrected chi connectivity index (χ0v) is 16.4. The van der Waals surface area contributed by atoms with Gasteiger partial charge in [0.25, 0.3) is 5.91 Å². The molecule has 1 aliphatic heterocycles. The highest BCUT2D eigenvalue weighted by Gasteiger charge is 2.28. The van der Waals surface area contributed by atoms with E-state index in [1.54, 1.807) is 24.1 Å². The third-order valence-corrected chi connectivity index (χ3v) is 4.83. The molecule has 8 heteroatoms. The Morgan fingerprint density at radius 1 is 1.17 bits per heavy atom. The summed E-state index contributed by atoms with van der Waals surface area (Å²) >= 11 is 0. The predicted octanol–water partition coefficient (Wildman–Crippen LogP) is 2.61. The Morgan fingerprint density at radius 2 is 1.90 bits per heavy atom. The molecule has 0 radical (unpaired) electrons. The van der Waals surface area contributed by atoms with Crippen LogP contribution in [0.2, 0.25) is 0 Å². The van der Waals surface area contributed by atoms with Crippen molar-refractivity contribution >= 4 is 11.8 Å². The molecule has 1 aromatic heterocycles. The van der Waals surface area contributed by atoms with Gasteiger partial charge >= 0.3 is 0 Å². The molecular formula is C21H25FN2O5. The zero-order valence-electron chi connectivity index (χ0n) is 16.4. The normalized spacial score (nSPS) is 14.6. The second-order valence-corrected chi connectivity index (χ2v) is 6.86. The lowest BCUT2D eigenvalue weighted by atomic mass is 9.96. The molecule has 0 atom stereocenters. The number of likely N-dealkylation sites (tertiary alicyclic amines) is 1. The summed E-state index contributed by atoms with van der Waals surface area (Å²) in [5.41, 5.74) is 0. The fourth-order valence-electron chi connectivity index (χ4n) is 3.18. The zero-order chi connectivity index (χ0) is 20.6. The van der Waals surface area contributed by atoms with Crippen LogP contribution >= 0.6 is 0 Å². The molecule has 7 nitrogen and oxygen atoms in total. The number of methoxy groups -OCH3 is 1. The van der Waals surface area contributed by atoms with Crippen molar-refractivity contribution in [1.82, 2.24) is 10.2 Å². The Kier molecular flexibility index (Phi) is 7.24. The number of amides is 2. The number of hydrogen-bond donors (Lipinski definition) is 1. The van der Waals surface area contributed by atoms with Gasteiger partial charge in [0.2, 0.25) is 5.91 Å². The van der Waals surface area contributed by atoms with Crippen LogP contribution in [0.15, 0.2) is 40.8 Å². The second kappa shape index (κ2) is 10.1. The van der Waals surface area contributed by atoms with Gasteiger partial charge in [0.1, 0.15) is 23.9 Å². The number of benzene rings is 1. The van der Waals surface area contributed by atoms with Crippen molar-refractivity contribution in [2.75, 3.05) is 33.4 Å². The van der Waals surface area contributed by atoms with Crippen LogP contribution in [0.1, 0.15) is 29.2 Å². The second-order valence-electron chi connectivity index (χ2n) is 6.86. The number of nitrogens with one attached hydrogen (secondary N) is 1. The lowest BCUT2D eigenvalue weighted by Crippen LogP contribution is -2.43. The molecule has 156 valence electrons. The van der Waals surface area contributed by atoms with E-state index in [9.17, 15) is 14.0 Å². The average molecular weight is 404 g/mol. The lowest BCUT2D eigenvalue weighted by Gasteiger charge is -2.30. The van der Waals surface area contributed by atoms with E-state index in [0.29, 0.717) is 50.6 Å². The summed E-state index contributed by atoms with van der Waals surface area (Å²) in [4.78, 5) is 26.4. The lowest BCUT2D eigenvalue weighted by molar-refractivity contribution is -0.126. The molecule has 1 aromatic carbocycles. The third kappa shape index (κ3) is 5.80. The van der Waals surface area contributed by atoms with Crippen LogP contribution in [0.3, 0.4) is 0 Å². The Bertz CT molecular complexity index is 813. The van der Waals surface area contributed by atoms with Crippen LogP contribution in [0.4, 0.5) is 4.39 Å². The molecule has 1 N–H and O–H groups in total. The maximum atomic E-state index is 12.9. The summed E-state index contributed by atoms with van der Waals surface area (Å²) in [7, 11) is 1.59. The summed E-state index contributed by atoms with van der Waals surface area (Å²) in [5, 5.41) is 2.84. The molecule has 2 heterocycles. The number of piperidine rings is 1. The molecule has 0 spiro atoms. The Balaban J connectivity index is 1.46. The quantitative estimate of drug-likeness (QED) is 0.684. The highest BCUT2D eigenvalue weighted by atomic mass is 19.1. The molecule has 1 fully saturated rings. The Morgan fingerprint density at radius 3 is 2.59 bits per heavy atom. The summed E-state index contributed by atoms with van der Waals surface area (Å²) < 4.78 is 29.0. The maximum Gasteiger partial charge on any atom is 0.289 e. The van der Waals surface area contributed by atoms with Gasteiger partial charge in [-0.25, -0.2) is 4.39 Å². The van der Waals surface area contributed by atoms with Crippen LogP contribution in [0.5, 0.6) is 5.75 Å². The number of rotatable bonds is 8. The number of ether oxygens (including phenoxy) is 2. The van der Waals surface area contributed by atoms with Crippen molar-refractivity contribution in [2.45, 2.75) is 19.4 Å². The van der Waals surface area contributed by atoms with E-state index < -0.39 is 0 Å². The van der Waals surface area contributed by atoms with Gasteiger partial charge in [-0.15, -0.1) is 0 Å². The molecule has 0 aliphatic carbocycles. The van der Waals surface area contributed by atoms with Gasteiger partial charge in [-0.1, -0.05) is 0 Å². The van der Waals surface area contributed by atoms with E-state index in [2.05, 4.69) is 5.32 Å². The van der Waals surface area contributed by atoms with Gasteiger partial charge in [0.05, 0.1) is 6.61 Å². The first-order valence-corrected chi connectivity index (χ1v) is 9.60. The van der Waals surface area contributed by atoms with Gasteiger partial charge in [-0.2, -0.15) is 0 Å². The minimum absolute atomic E-state index is 0.00683. The van der Waals surface area contributed by atoms with Crippen molar-refractivity contribution in [1.29, 1.82) is 0 Å². The van der Waals surface area contributed by atoms with E-state index >= 15 is 0 Å². The highest BCUT2D eigenvalue weighted by Crippen LogP contribution is 2.21. The molecule has 2 amide bonds. The summed E-state index contributed by atoms with van der Waals surface area (Å²) in [6.07, 6.45) is 1.23. The topological polar surface area (TPSA) is 81.0 Å². The van der Waals surface area contributed by atoms with E-state index in [1.807, 2.05) is 0 Å². The van der Waals surface area contributed by atoms with E-state index in [-0.39, 0.29) is 35.9 Å². The predicted molar refractivity (Wildman–Crippen MR) is 103 cm³/mol. The smallest absolute Gasteiger partial charge is 0.289 e. The van der Waals surface area contributed by atoms with Crippen LogP contribution in [-0.2, 0) is 16.1 Å². The van der Waals surface area contributed by atoms with E-state index in [4.69, 9.17) is 13.9 Å². The molecule has 29 heavy (non-hydrogen) atoms. The fraction of sp³-hybridized carbons (Fsp3) is 0.429. The summed E-state index contributed by atoms with van der Waals surface area (Å²) in [6.45, 7) is 2.12. The van der Waals surface area contributed by atoms with Crippen molar-refractivity contribution < 1.29 is 27.9 Å². The molecule has 2 aromatic rings. The van der Waals surface area contributed by atoms with Crippen molar-refractivity contribution in [3.8, 4) is 5.75 Å². The largest absolute Gasteiger partial charge is 0.486 e. The number of furan rings is 1. The summed E-state index contributed by atoms with van der Waals surface area (Å²) in [6, 6.07) is 8.99. The summed E-state index contributed by atoms with van der Waals surface area (Å²) in [5.74, 6) is 0.646. The van der Waals surface area contributed by atoms with Crippen LogP contribution < -0.4 is 10.1 Å². The molecule has 0 unspecified atom stereocenters. The Labute approximate surface area is 168 Å². The fourth-order valence-corrected chi connectivity index (χ4v) is 3.18. The number of carbonyl (C=O) groups is 2. The third-order valence-electron chi connectivity index (χ3n) is 4.83. The van der Waals surface area contributed by atoms with Crippen LogP contribution in [0, 0.1) is 11.7 Å². The monoisotopic (exact) mass is 404 g/mol. The molecule has 3 rings (SSSR count). The van der Waals surface area contributed by atoms with Crippen LogP contribution in [-0.4, -0.2) is 50.1 Å². The van der Waals surface area contributed by atoms with Gasteiger partial charge in [-0.3, -0.25) is 9.59 Å². The van der Waals surface area contributed by atoms with E-state index in [1.165, 1.54) is 24.3 Å². The van der Waals surface area contributed by atoms with Gasteiger partial charge in [0.15, 0.2) is 5.76 Å². The standard InChI is InChI=1S/C21H25FN2O5/c1-27-13-10-23-20(25)15-8-11-24(12-9-15)21(26)19-7-6-18(29-19)14-28-17-4-2-16(22)3-5-17/h2-7,15H,8-14H2,1H3,(H,23,25). The first-order chi connectivity index (χ1) is 14.1. The van der Waals surface area contributed by atoms with Gasteiger partial charge < -0.3 is 24.1 Å². The minimum Gasteiger partial charge on any atom is -0.486 e. The number of hydrogen-bond acceptors (Lipinski definition) is 5.